The van der Waals surface area contributed by atoms with Crippen LogP contribution < -0.4 is 0 Å². The van der Waals surface area contributed by atoms with Gasteiger partial charge in [0.05, 0.1) is 11.3 Å². The number of hydrogen-bond donors (Lipinski definition) is 0. The molecule has 0 heterocycles. The summed E-state index contributed by atoms with van der Waals surface area (Å²) < 4.78 is 0. The van der Waals surface area contributed by atoms with E-state index >= 15 is 0 Å². The second-order valence-electron chi connectivity index (χ2n) is 4.95. The van der Waals surface area contributed by atoms with Gasteiger partial charge >= 0.3 is 0 Å². The molecule has 0 aromatic heterocycles. The molecule has 86 valence electrons. The van der Waals surface area contributed by atoms with Gasteiger partial charge in [0.2, 0.25) is 5.70 Å². The number of allylic oxidation sites excluding steroid dienone is 1. The molecule has 0 spiro atoms. The van der Waals surface area contributed by atoms with E-state index < -0.39 is 4.92 Å². The van der Waals surface area contributed by atoms with Crippen LogP contribution in [0.3, 0.4) is 0 Å². The third-order valence-corrected chi connectivity index (χ3v) is 2.49. The van der Waals surface area contributed by atoms with Crippen molar-refractivity contribution in [2.45, 2.75) is 32.6 Å². The zero-order valence-corrected chi connectivity index (χ0v) is 9.99. The largest absolute Gasteiger partial charge is 0.259 e. The van der Waals surface area contributed by atoms with E-state index in [0.29, 0.717) is 6.42 Å². The van der Waals surface area contributed by atoms with Crippen molar-refractivity contribution < 1.29 is 4.92 Å². The maximum absolute atomic E-state index is 10.4. The molecule has 1 aromatic rings. The van der Waals surface area contributed by atoms with Crippen LogP contribution in [0.4, 0.5) is 0 Å². The van der Waals surface area contributed by atoms with Crippen molar-refractivity contribution in [1.29, 1.82) is 0 Å². The Morgan fingerprint density at radius 3 is 2.19 bits per heavy atom. The van der Waals surface area contributed by atoms with Crippen molar-refractivity contribution in [2.75, 3.05) is 0 Å². The van der Waals surface area contributed by atoms with E-state index in [0.717, 1.165) is 5.56 Å². The molecule has 0 atom stereocenters. The smallest absolute Gasteiger partial charge is 0.243 e. The van der Waals surface area contributed by atoms with Gasteiger partial charge in [0.25, 0.3) is 0 Å². The van der Waals surface area contributed by atoms with Gasteiger partial charge in [0, 0.05) is 0 Å². The second kappa shape index (κ2) is 4.47. The maximum Gasteiger partial charge on any atom is 0.243 e. The van der Waals surface area contributed by atoms with Crippen LogP contribution in [-0.4, -0.2) is 4.92 Å². The topological polar surface area (TPSA) is 43.1 Å². The molecule has 1 aromatic carbocycles. The fraction of sp³-hybridized carbons (Fsp3) is 0.385. The first kappa shape index (κ1) is 12.4. The van der Waals surface area contributed by atoms with Gasteiger partial charge in [-0.15, -0.1) is 0 Å². The number of nitrogens with zero attached hydrogens (tertiary/aromatic N) is 1. The fourth-order valence-corrected chi connectivity index (χ4v) is 1.42. The predicted octanol–water partition coefficient (Wildman–Crippen LogP) is 3.32. The third-order valence-electron chi connectivity index (χ3n) is 2.49. The van der Waals surface area contributed by atoms with E-state index in [4.69, 9.17) is 0 Å². The zero-order valence-electron chi connectivity index (χ0n) is 9.99. The summed E-state index contributed by atoms with van der Waals surface area (Å²) in [5.74, 6) is 0. The van der Waals surface area contributed by atoms with Crippen LogP contribution in [0.5, 0.6) is 0 Å². The molecule has 0 N–H and O–H groups in total. The summed E-state index contributed by atoms with van der Waals surface area (Å²) in [7, 11) is 0. The Kier molecular flexibility index (Phi) is 3.48. The Morgan fingerprint density at radius 2 is 1.81 bits per heavy atom. The highest BCUT2D eigenvalue weighted by Crippen LogP contribution is 2.22. The highest BCUT2D eigenvalue weighted by atomic mass is 16.6. The summed E-state index contributed by atoms with van der Waals surface area (Å²) >= 11 is 0. The fourth-order valence-electron chi connectivity index (χ4n) is 1.42. The first-order chi connectivity index (χ1) is 7.30. The standard InChI is InChI=1S/C13H17NO2/c1-10(14(15)16)9-11-5-7-12(8-6-11)13(2,3)4/h5-8H,1,9H2,2-4H3. The first-order valence-electron chi connectivity index (χ1n) is 5.22. The van der Waals surface area contributed by atoms with Crippen LogP contribution in [0.1, 0.15) is 31.9 Å². The molecular formula is C13H17NO2. The molecule has 3 heteroatoms. The number of rotatable bonds is 3. The third kappa shape index (κ3) is 3.19. The molecule has 0 bridgehead atoms. The molecule has 1 rings (SSSR count). The molecular weight excluding hydrogens is 202 g/mol. The van der Waals surface area contributed by atoms with Gasteiger partial charge < -0.3 is 0 Å². The number of nitro groups is 1. The Morgan fingerprint density at radius 1 is 1.31 bits per heavy atom. The molecule has 0 aliphatic heterocycles. The van der Waals surface area contributed by atoms with Crippen molar-refractivity contribution in [1.82, 2.24) is 0 Å². The quantitative estimate of drug-likeness (QED) is 0.578. The minimum absolute atomic E-state index is 0.0310. The maximum atomic E-state index is 10.4. The van der Waals surface area contributed by atoms with Gasteiger partial charge in [-0.2, -0.15) is 0 Å². The minimum atomic E-state index is -0.433. The highest BCUT2D eigenvalue weighted by Gasteiger charge is 2.14. The number of hydrogen-bond acceptors (Lipinski definition) is 2. The van der Waals surface area contributed by atoms with Gasteiger partial charge in [-0.05, 0) is 23.1 Å². The molecule has 0 amide bonds. The Balaban J connectivity index is 2.80. The second-order valence-corrected chi connectivity index (χ2v) is 4.95. The molecule has 0 aliphatic rings. The van der Waals surface area contributed by atoms with E-state index in [9.17, 15) is 10.1 Å². The summed E-state index contributed by atoms with van der Waals surface area (Å²) in [5, 5.41) is 10.4. The van der Waals surface area contributed by atoms with E-state index in [2.05, 4.69) is 27.4 Å². The molecule has 0 radical (unpaired) electrons. The van der Waals surface area contributed by atoms with Crippen molar-refractivity contribution in [3.8, 4) is 0 Å². The van der Waals surface area contributed by atoms with E-state index in [1.165, 1.54) is 5.56 Å². The minimum Gasteiger partial charge on any atom is -0.259 e. The monoisotopic (exact) mass is 219 g/mol. The van der Waals surface area contributed by atoms with Gasteiger partial charge in [0.1, 0.15) is 0 Å². The lowest BCUT2D eigenvalue weighted by atomic mass is 9.86. The van der Waals surface area contributed by atoms with Gasteiger partial charge in [-0.25, -0.2) is 0 Å². The molecule has 16 heavy (non-hydrogen) atoms. The molecule has 0 saturated heterocycles. The molecule has 0 fully saturated rings. The van der Waals surface area contributed by atoms with Crippen LogP contribution >= 0.6 is 0 Å². The van der Waals surface area contributed by atoms with Gasteiger partial charge in [-0.3, -0.25) is 10.1 Å². The molecule has 3 nitrogen and oxygen atoms in total. The average Bonchev–Trinajstić information content (AvgIpc) is 2.17. The normalized spacial score (nSPS) is 11.2. The zero-order chi connectivity index (χ0) is 12.3. The summed E-state index contributed by atoms with van der Waals surface area (Å²) in [4.78, 5) is 10.0. The Labute approximate surface area is 95.9 Å². The van der Waals surface area contributed by atoms with Gasteiger partial charge in [-0.1, -0.05) is 45.0 Å². The lowest BCUT2D eigenvalue weighted by Gasteiger charge is -2.18. The Hall–Kier alpha value is -1.64. The first-order valence-corrected chi connectivity index (χ1v) is 5.22. The molecule has 0 aliphatic carbocycles. The van der Waals surface area contributed by atoms with E-state index in [1.54, 1.807) is 0 Å². The predicted molar refractivity (Wildman–Crippen MR) is 65.0 cm³/mol. The lowest BCUT2D eigenvalue weighted by molar-refractivity contribution is -0.426. The van der Waals surface area contributed by atoms with E-state index in [1.807, 2.05) is 24.3 Å². The van der Waals surface area contributed by atoms with Crippen molar-refractivity contribution in [3.63, 3.8) is 0 Å². The van der Waals surface area contributed by atoms with Crippen LogP contribution in [0.25, 0.3) is 0 Å². The molecule has 0 unspecified atom stereocenters. The summed E-state index contributed by atoms with van der Waals surface area (Å²) in [6.07, 6.45) is 0.303. The van der Waals surface area contributed by atoms with E-state index in [-0.39, 0.29) is 11.1 Å². The van der Waals surface area contributed by atoms with Crippen molar-refractivity contribution >= 4 is 0 Å². The van der Waals surface area contributed by atoms with Crippen LogP contribution in [0.15, 0.2) is 36.5 Å². The van der Waals surface area contributed by atoms with Gasteiger partial charge in [0.15, 0.2) is 0 Å². The highest BCUT2D eigenvalue weighted by molar-refractivity contribution is 5.28. The summed E-state index contributed by atoms with van der Waals surface area (Å²) in [6.45, 7) is 9.83. The number of benzene rings is 1. The Bertz CT molecular complexity index is 399. The van der Waals surface area contributed by atoms with Crippen LogP contribution in [0, 0.1) is 10.1 Å². The summed E-state index contributed by atoms with van der Waals surface area (Å²) in [5.41, 5.74) is 2.29. The SMILES string of the molecule is C=C(Cc1ccc(C(C)(C)C)cc1)[N+](=O)[O-]. The lowest BCUT2D eigenvalue weighted by Crippen LogP contribution is -2.10. The van der Waals surface area contributed by atoms with Crippen molar-refractivity contribution in [3.05, 3.63) is 57.8 Å². The van der Waals surface area contributed by atoms with Crippen molar-refractivity contribution in [2.24, 2.45) is 0 Å². The average molecular weight is 219 g/mol. The summed E-state index contributed by atoms with van der Waals surface area (Å²) in [6, 6.07) is 7.88. The van der Waals surface area contributed by atoms with Crippen LogP contribution in [-0.2, 0) is 11.8 Å². The van der Waals surface area contributed by atoms with Crippen LogP contribution in [0.2, 0.25) is 0 Å². The molecule has 0 saturated carbocycles.